The minimum Gasteiger partial charge on any atom is -0.401 e. The zero-order valence-corrected chi connectivity index (χ0v) is 9.48. The number of nitriles is 2. The Labute approximate surface area is 101 Å². The molecule has 84 valence electrons. The lowest BCUT2D eigenvalue weighted by atomic mass is 9.70. The van der Waals surface area contributed by atoms with E-state index < -0.39 is 5.41 Å². The summed E-state index contributed by atoms with van der Waals surface area (Å²) in [6, 6.07) is 14.1. The average Bonchev–Trinajstić information content (AvgIpc) is 2.41. The number of nitrogens with two attached hydrogens (primary N) is 1. The topological polar surface area (TPSA) is 73.6 Å². The van der Waals surface area contributed by atoms with E-state index in [0.29, 0.717) is 30.5 Å². The van der Waals surface area contributed by atoms with Gasteiger partial charge in [0.2, 0.25) is 0 Å². The van der Waals surface area contributed by atoms with Crippen LogP contribution in [0.15, 0.2) is 41.6 Å². The van der Waals surface area contributed by atoms with Crippen LogP contribution in [-0.4, -0.2) is 0 Å². The predicted molar refractivity (Wildman–Crippen MR) is 64.4 cm³/mol. The van der Waals surface area contributed by atoms with E-state index in [4.69, 9.17) is 11.0 Å². The molecule has 0 radical (unpaired) electrons. The van der Waals surface area contributed by atoms with Gasteiger partial charge in [-0.05, 0) is 18.4 Å². The number of rotatable bonds is 1. The molecule has 2 rings (SSSR count). The Morgan fingerprint density at radius 1 is 1.18 bits per heavy atom. The lowest BCUT2D eigenvalue weighted by molar-refractivity contribution is 0.473. The smallest absolute Gasteiger partial charge is 0.0965 e. The molecule has 3 heteroatoms. The highest BCUT2D eigenvalue weighted by Crippen LogP contribution is 2.40. The second-order valence-electron chi connectivity index (χ2n) is 4.35. The van der Waals surface area contributed by atoms with E-state index in [1.807, 2.05) is 30.3 Å². The van der Waals surface area contributed by atoms with Crippen molar-refractivity contribution in [3.05, 3.63) is 47.2 Å². The van der Waals surface area contributed by atoms with Gasteiger partial charge in [-0.25, -0.2) is 0 Å². The highest BCUT2D eigenvalue weighted by molar-refractivity contribution is 5.41. The van der Waals surface area contributed by atoms with Crippen molar-refractivity contribution in [1.29, 1.82) is 10.5 Å². The van der Waals surface area contributed by atoms with Crippen LogP contribution in [0.5, 0.6) is 0 Å². The van der Waals surface area contributed by atoms with Crippen LogP contribution < -0.4 is 5.73 Å². The zero-order chi connectivity index (χ0) is 12.3. The predicted octanol–water partition coefficient (Wildman–Crippen LogP) is 2.37. The van der Waals surface area contributed by atoms with Gasteiger partial charge >= 0.3 is 0 Å². The van der Waals surface area contributed by atoms with Gasteiger partial charge in [-0.1, -0.05) is 30.3 Å². The van der Waals surface area contributed by atoms with E-state index in [2.05, 4.69) is 12.1 Å². The molecule has 0 amide bonds. The van der Waals surface area contributed by atoms with Gasteiger partial charge in [0, 0.05) is 12.1 Å². The van der Waals surface area contributed by atoms with Gasteiger partial charge in [-0.3, -0.25) is 0 Å². The zero-order valence-electron chi connectivity index (χ0n) is 9.48. The molecular weight excluding hydrogens is 210 g/mol. The fourth-order valence-corrected chi connectivity index (χ4v) is 2.28. The van der Waals surface area contributed by atoms with Crippen LogP contribution in [0, 0.1) is 22.7 Å². The summed E-state index contributed by atoms with van der Waals surface area (Å²) in [7, 11) is 0. The third-order valence-electron chi connectivity index (χ3n) is 3.36. The Kier molecular flexibility index (Phi) is 2.85. The molecule has 0 heterocycles. The first kappa shape index (κ1) is 11.2. The molecule has 0 aliphatic heterocycles. The summed E-state index contributed by atoms with van der Waals surface area (Å²) in [4.78, 5) is 0. The minimum absolute atomic E-state index is 0.426. The normalized spacial score (nSPS) is 23.9. The summed E-state index contributed by atoms with van der Waals surface area (Å²) in [5, 5.41) is 18.5. The molecule has 1 aliphatic carbocycles. The van der Waals surface area contributed by atoms with Crippen LogP contribution in [-0.2, 0) is 5.41 Å². The van der Waals surface area contributed by atoms with Crippen LogP contribution in [0.3, 0.4) is 0 Å². The molecule has 17 heavy (non-hydrogen) atoms. The Hall–Kier alpha value is -2.26. The number of nitrogens with zero attached hydrogens (tertiary/aromatic N) is 2. The van der Waals surface area contributed by atoms with E-state index in [1.165, 1.54) is 0 Å². The first-order chi connectivity index (χ1) is 8.22. The fourth-order valence-electron chi connectivity index (χ4n) is 2.28. The third kappa shape index (κ3) is 1.88. The van der Waals surface area contributed by atoms with Gasteiger partial charge in [-0.2, -0.15) is 10.5 Å². The summed E-state index contributed by atoms with van der Waals surface area (Å²) in [5.74, 6) is 0. The molecule has 0 fully saturated rings. The van der Waals surface area contributed by atoms with Crippen molar-refractivity contribution in [2.75, 3.05) is 0 Å². The van der Waals surface area contributed by atoms with Crippen molar-refractivity contribution < 1.29 is 0 Å². The van der Waals surface area contributed by atoms with Crippen molar-refractivity contribution in [2.24, 2.45) is 5.73 Å². The van der Waals surface area contributed by atoms with E-state index >= 15 is 0 Å². The number of allylic oxidation sites excluding steroid dienone is 2. The molecule has 0 saturated carbocycles. The Morgan fingerprint density at radius 2 is 1.88 bits per heavy atom. The molecule has 1 aromatic carbocycles. The molecule has 0 saturated heterocycles. The standard InChI is InChI=1S/C14H13N3/c15-9-11-8-14(10-16,7-6-13(11)17)12-4-2-1-3-5-12/h1-5H,6-8,17H2/t14-/m1/s1. The van der Waals surface area contributed by atoms with Gasteiger partial charge in [0.15, 0.2) is 0 Å². The Morgan fingerprint density at radius 3 is 2.47 bits per heavy atom. The van der Waals surface area contributed by atoms with E-state index in [1.54, 1.807) is 0 Å². The summed E-state index contributed by atoms with van der Waals surface area (Å²) in [5.41, 5.74) is 7.37. The van der Waals surface area contributed by atoms with Crippen molar-refractivity contribution in [3.8, 4) is 12.1 Å². The van der Waals surface area contributed by atoms with E-state index in [0.717, 1.165) is 5.56 Å². The minimum atomic E-state index is -0.588. The second kappa shape index (κ2) is 4.31. The summed E-state index contributed by atoms with van der Waals surface area (Å²) >= 11 is 0. The third-order valence-corrected chi connectivity index (χ3v) is 3.36. The maximum Gasteiger partial charge on any atom is 0.0965 e. The monoisotopic (exact) mass is 223 g/mol. The molecule has 0 bridgehead atoms. The molecule has 0 aromatic heterocycles. The van der Waals surface area contributed by atoms with Crippen LogP contribution in [0.1, 0.15) is 24.8 Å². The molecule has 3 nitrogen and oxygen atoms in total. The molecule has 1 aliphatic rings. The van der Waals surface area contributed by atoms with Crippen molar-refractivity contribution in [1.82, 2.24) is 0 Å². The highest BCUT2D eigenvalue weighted by atomic mass is 14.6. The van der Waals surface area contributed by atoms with E-state index in [-0.39, 0.29) is 0 Å². The van der Waals surface area contributed by atoms with Crippen LogP contribution in [0.4, 0.5) is 0 Å². The van der Waals surface area contributed by atoms with Crippen molar-refractivity contribution in [3.63, 3.8) is 0 Å². The quantitative estimate of drug-likeness (QED) is 0.794. The van der Waals surface area contributed by atoms with Gasteiger partial charge < -0.3 is 5.73 Å². The van der Waals surface area contributed by atoms with Gasteiger partial charge in [-0.15, -0.1) is 0 Å². The molecule has 0 unspecified atom stereocenters. The fraction of sp³-hybridized carbons (Fsp3) is 0.286. The van der Waals surface area contributed by atoms with Gasteiger partial charge in [0.25, 0.3) is 0 Å². The molecule has 0 spiro atoms. The lowest BCUT2D eigenvalue weighted by Crippen LogP contribution is -2.30. The summed E-state index contributed by atoms with van der Waals surface area (Å²) in [6.45, 7) is 0. The maximum atomic E-state index is 9.47. The SMILES string of the molecule is N#CC1=C(N)CC[C@@](C#N)(c2ccccc2)C1. The summed E-state index contributed by atoms with van der Waals surface area (Å²) in [6.07, 6.45) is 1.73. The molecule has 1 aromatic rings. The maximum absolute atomic E-state index is 9.47. The van der Waals surface area contributed by atoms with Crippen LogP contribution in [0.2, 0.25) is 0 Å². The van der Waals surface area contributed by atoms with Crippen LogP contribution in [0.25, 0.3) is 0 Å². The van der Waals surface area contributed by atoms with E-state index in [9.17, 15) is 5.26 Å². The molecular formula is C14H13N3. The largest absolute Gasteiger partial charge is 0.401 e. The Bertz CT molecular complexity index is 531. The van der Waals surface area contributed by atoms with Crippen molar-refractivity contribution >= 4 is 0 Å². The average molecular weight is 223 g/mol. The highest BCUT2D eigenvalue weighted by Gasteiger charge is 2.37. The molecule has 2 N–H and O–H groups in total. The first-order valence-corrected chi connectivity index (χ1v) is 5.56. The Balaban J connectivity index is 2.44. The number of hydrogen-bond donors (Lipinski definition) is 1. The number of hydrogen-bond acceptors (Lipinski definition) is 3. The van der Waals surface area contributed by atoms with Crippen molar-refractivity contribution in [2.45, 2.75) is 24.7 Å². The summed E-state index contributed by atoms with van der Waals surface area (Å²) < 4.78 is 0. The number of benzene rings is 1. The second-order valence-corrected chi connectivity index (χ2v) is 4.35. The lowest BCUT2D eigenvalue weighted by Gasteiger charge is -2.31. The molecule has 1 atom stereocenters. The van der Waals surface area contributed by atoms with Crippen LogP contribution >= 0.6 is 0 Å². The van der Waals surface area contributed by atoms with Gasteiger partial charge in [0.05, 0.1) is 23.1 Å². The van der Waals surface area contributed by atoms with Gasteiger partial charge in [0.1, 0.15) is 0 Å². The first-order valence-electron chi connectivity index (χ1n) is 5.56.